The van der Waals surface area contributed by atoms with Gasteiger partial charge >= 0.3 is 0 Å². The van der Waals surface area contributed by atoms with Gasteiger partial charge in [-0.15, -0.1) is 0 Å². The molecule has 0 amide bonds. The van der Waals surface area contributed by atoms with Gasteiger partial charge in [-0.1, -0.05) is 224 Å². The molecule has 4 heterocycles. The fraction of sp³-hybridized carbons (Fsp3) is 0.289. The van der Waals surface area contributed by atoms with Gasteiger partial charge in [-0.2, -0.15) is 0 Å². The Morgan fingerprint density at radius 3 is 0.912 bits per heavy atom. The molecule has 2 aromatic heterocycles. The van der Waals surface area contributed by atoms with Crippen molar-refractivity contribution >= 4 is 89.8 Å². The van der Waals surface area contributed by atoms with Crippen molar-refractivity contribution in [3.05, 3.63) is 201 Å². The molecule has 0 spiro atoms. The number of hydrogen-bond acceptors (Lipinski definition) is 0. The topological polar surface area (TPSA) is 9.86 Å². The highest BCUT2D eigenvalue weighted by atomic mass is 15.0. The van der Waals surface area contributed by atoms with Crippen molar-refractivity contribution in [3.63, 3.8) is 0 Å². The largest absolute Gasteiger partial charge is 0.310 e. The van der Waals surface area contributed by atoms with Crippen LogP contribution in [0.5, 0.6) is 0 Å². The Hall–Kier alpha value is -7.29. The van der Waals surface area contributed by atoms with E-state index in [0.29, 0.717) is 0 Å². The molecule has 0 saturated heterocycles. The molecule has 2 aliphatic rings. The second-order valence-electron chi connectivity index (χ2n) is 28.7. The van der Waals surface area contributed by atoms with Gasteiger partial charge in [0.1, 0.15) is 0 Å². The highest BCUT2D eigenvalue weighted by molar-refractivity contribution is 7.00. The summed E-state index contributed by atoms with van der Waals surface area (Å²) in [5, 5.41) is 5.26. The molecular weight excluding hydrogens is 962 g/mol. The van der Waals surface area contributed by atoms with Crippen molar-refractivity contribution in [2.24, 2.45) is 0 Å². The predicted octanol–water partition coefficient (Wildman–Crippen LogP) is 15.9. The van der Waals surface area contributed by atoms with E-state index >= 15 is 0 Å². The first-order valence-electron chi connectivity index (χ1n) is 29.5. The molecule has 0 saturated carbocycles. The Morgan fingerprint density at radius 1 is 0.287 bits per heavy atom. The molecule has 4 heteroatoms. The summed E-state index contributed by atoms with van der Waals surface area (Å²) >= 11 is 0. The predicted molar refractivity (Wildman–Crippen MR) is 351 cm³/mol. The molecule has 11 aromatic rings. The molecule has 0 unspecified atom stereocenters. The lowest BCUT2D eigenvalue weighted by atomic mass is 9.31. The van der Waals surface area contributed by atoms with E-state index in [2.05, 4.69) is 279 Å². The Kier molecular flexibility index (Phi) is 11.5. The van der Waals surface area contributed by atoms with Crippen LogP contribution >= 0.6 is 0 Å². The molecule has 80 heavy (non-hydrogen) atoms. The molecular formula is C76H78B2N2. The van der Waals surface area contributed by atoms with E-state index in [1.165, 1.54) is 166 Å². The van der Waals surface area contributed by atoms with Crippen LogP contribution in [0.2, 0.25) is 0 Å². The quantitative estimate of drug-likeness (QED) is 0.156. The second kappa shape index (κ2) is 17.6. The van der Waals surface area contributed by atoms with Gasteiger partial charge < -0.3 is 9.13 Å². The Bertz CT molecular complexity index is 4100. The summed E-state index contributed by atoms with van der Waals surface area (Å²) in [6, 6.07) is 58.6. The maximum absolute atomic E-state index is 2.69. The van der Waals surface area contributed by atoms with Crippen LogP contribution in [0.1, 0.15) is 139 Å². The Labute approximate surface area is 477 Å². The molecule has 0 aliphatic carbocycles. The molecule has 0 radical (unpaired) electrons. The van der Waals surface area contributed by atoms with E-state index in [-0.39, 0.29) is 35.1 Å². The molecule has 2 aliphatic heterocycles. The average Bonchev–Trinajstić information content (AvgIpc) is 3.97. The lowest BCUT2D eigenvalue weighted by Crippen LogP contribution is -2.61. The van der Waals surface area contributed by atoms with E-state index in [0.717, 1.165) is 0 Å². The highest BCUT2D eigenvalue weighted by Gasteiger charge is 2.42. The van der Waals surface area contributed by atoms with Crippen LogP contribution in [0.4, 0.5) is 0 Å². The monoisotopic (exact) mass is 1040 g/mol. The van der Waals surface area contributed by atoms with Crippen LogP contribution in [0.15, 0.2) is 146 Å². The summed E-state index contributed by atoms with van der Waals surface area (Å²) in [7, 11) is 0. The van der Waals surface area contributed by atoms with Crippen molar-refractivity contribution in [2.75, 3.05) is 0 Å². The highest BCUT2D eigenvalue weighted by Crippen LogP contribution is 2.42. The first kappa shape index (κ1) is 52.1. The minimum atomic E-state index is -0.0900. The molecule has 0 atom stereocenters. The van der Waals surface area contributed by atoms with Crippen LogP contribution in [-0.2, 0) is 21.7 Å². The first-order chi connectivity index (χ1) is 37.6. The molecule has 398 valence electrons. The van der Waals surface area contributed by atoms with Gasteiger partial charge in [-0.3, -0.25) is 0 Å². The third kappa shape index (κ3) is 8.04. The van der Waals surface area contributed by atoms with Gasteiger partial charge in [0.05, 0.1) is 11.0 Å². The third-order valence-corrected chi connectivity index (χ3v) is 18.6. The second-order valence-corrected chi connectivity index (χ2v) is 28.7. The van der Waals surface area contributed by atoms with Gasteiger partial charge in [-0.05, 0) is 178 Å². The molecule has 0 fully saturated rings. The molecule has 13 rings (SSSR count). The van der Waals surface area contributed by atoms with E-state index < -0.39 is 0 Å². The van der Waals surface area contributed by atoms with Gasteiger partial charge in [-0.25, -0.2) is 0 Å². The average molecular weight is 1040 g/mol. The number of aryl methyl sites for hydroxylation is 6. The maximum atomic E-state index is 2.69. The van der Waals surface area contributed by atoms with Gasteiger partial charge in [0, 0.05) is 44.0 Å². The number of aromatic nitrogens is 2. The third-order valence-electron chi connectivity index (χ3n) is 18.6. The summed E-state index contributed by atoms with van der Waals surface area (Å²) in [5.41, 5.74) is 34.4. The molecule has 0 N–H and O–H groups in total. The normalized spacial score (nSPS) is 13.6. The summed E-state index contributed by atoms with van der Waals surface area (Å²) < 4.78 is 5.38. The van der Waals surface area contributed by atoms with Crippen molar-refractivity contribution < 1.29 is 0 Å². The summed E-state index contributed by atoms with van der Waals surface area (Å²) in [4.78, 5) is 0. The summed E-state index contributed by atoms with van der Waals surface area (Å²) in [5.74, 6) is 0. The lowest BCUT2D eigenvalue weighted by molar-refractivity contribution is 0.590. The molecule has 9 aromatic carbocycles. The summed E-state index contributed by atoms with van der Waals surface area (Å²) in [6.45, 7) is 42.0. The standard InChI is InChI=1S/C76H78B2N2/c1-43-31-45(3)69(46(4)32-43)77-61-41-68-62(42-67(61)79-65-29-23-51(49-19-25-53(26-20-49)73(7,8)9)35-57(65)59-37-55(75(13,14)15)39-63(77)71(59)79)78(70-47(5)33-44(2)34-48(70)6)64-40-56(76(16,17)18)38-60-58-36-52(24-30-66(58)80(68)72(60)64)50-21-27-54(28-22-50)74(10,11)12/h19-42H,1-18H3. The van der Waals surface area contributed by atoms with Crippen LogP contribution in [0.3, 0.4) is 0 Å². The van der Waals surface area contributed by atoms with E-state index in [4.69, 9.17) is 0 Å². The fourth-order valence-electron chi connectivity index (χ4n) is 14.6. The maximum Gasteiger partial charge on any atom is 0.247 e. The smallest absolute Gasteiger partial charge is 0.247 e. The Morgan fingerprint density at radius 2 is 0.600 bits per heavy atom. The number of nitrogens with zero attached hydrogens (tertiary/aromatic N) is 2. The van der Waals surface area contributed by atoms with E-state index in [1.807, 2.05) is 0 Å². The SMILES string of the molecule is Cc1cc(C)c(B2c3cc4c(cc3-n3c5ccc(-c6ccc(C(C)(C)C)cc6)cc5c5cc(C(C)(C)C)cc2c53)B(c2c(C)cc(C)cc2C)c2cc(C(C)(C)C)cc3c5cc(-c6ccc(C(C)(C)C)cc6)ccc5n-4c23)c(C)c1. The number of fused-ring (bicyclic) bond motifs is 10. The van der Waals surface area contributed by atoms with Crippen molar-refractivity contribution in [3.8, 4) is 33.6 Å². The van der Waals surface area contributed by atoms with Gasteiger partial charge in [0.25, 0.3) is 0 Å². The number of rotatable bonds is 4. The van der Waals surface area contributed by atoms with E-state index in [9.17, 15) is 0 Å². The van der Waals surface area contributed by atoms with Crippen LogP contribution in [0, 0.1) is 41.5 Å². The zero-order valence-corrected chi connectivity index (χ0v) is 50.9. The summed E-state index contributed by atoms with van der Waals surface area (Å²) in [6.07, 6.45) is 0. The number of benzene rings is 9. The van der Waals surface area contributed by atoms with Crippen molar-refractivity contribution in [1.29, 1.82) is 0 Å². The van der Waals surface area contributed by atoms with Crippen LogP contribution in [-0.4, -0.2) is 22.6 Å². The zero-order valence-electron chi connectivity index (χ0n) is 50.9. The van der Waals surface area contributed by atoms with Gasteiger partial charge in [0.15, 0.2) is 0 Å². The van der Waals surface area contributed by atoms with Crippen LogP contribution in [0.25, 0.3) is 77.2 Å². The van der Waals surface area contributed by atoms with Gasteiger partial charge in [0.2, 0.25) is 13.4 Å². The minimum absolute atomic E-state index is 0.0205. The lowest BCUT2D eigenvalue weighted by Gasteiger charge is -2.35. The minimum Gasteiger partial charge on any atom is -0.310 e. The Balaban J connectivity index is 1.18. The van der Waals surface area contributed by atoms with E-state index in [1.54, 1.807) is 0 Å². The molecule has 2 nitrogen and oxygen atoms in total. The van der Waals surface area contributed by atoms with Crippen LogP contribution < -0.4 is 32.8 Å². The fourth-order valence-corrected chi connectivity index (χ4v) is 14.6. The molecule has 0 bridgehead atoms. The van der Waals surface area contributed by atoms with Crippen molar-refractivity contribution in [1.82, 2.24) is 9.13 Å². The first-order valence-corrected chi connectivity index (χ1v) is 29.5. The van der Waals surface area contributed by atoms with Crippen molar-refractivity contribution in [2.45, 2.75) is 146 Å². The number of hydrogen-bond donors (Lipinski definition) is 0. The zero-order chi connectivity index (χ0) is 56.6.